The fourth-order valence-electron chi connectivity index (χ4n) is 2.87. The molecule has 120 valence electrons. The summed E-state index contributed by atoms with van der Waals surface area (Å²) in [5, 5.41) is 2.53. The van der Waals surface area contributed by atoms with Gasteiger partial charge in [-0.15, -0.1) is 0 Å². The summed E-state index contributed by atoms with van der Waals surface area (Å²) < 4.78 is 26.7. The van der Waals surface area contributed by atoms with Crippen molar-refractivity contribution in [3.05, 3.63) is 59.9 Å². The molecule has 1 aliphatic rings. The second-order valence-electron chi connectivity index (χ2n) is 5.55. The molecule has 0 spiro atoms. The fraction of sp³-hybridized carbons (Fsp3) is 0.294. The molecule has 0 aliphatic carbocycles. The smallest absolute Gasteiger partial charge is 0.317 e. The first-order valence-corrected chi connectivity index (χ1v) is 7.58. The molecule has 0 radical (unpaired) electrons. The maximum absolute atomic E-state index is 13.7. The molecule has 4 nitrogen and oxygen atoms in total. The van der Waals surface area contributed by atoms with Crippen LogP contribution >= 0.6 is 0 Å². The van der Waals surface area contributed by atoms with Crippen LogP contribution in [0.3, 0.4) is 0 Å². The van der Waals surface area contributed by atoms with E-state index in [-0.39, 0.29) is 17.8 Å². The van der Waals surface area contributed by atoms with Gasteiger partial charge in [0.2, 0.25) is 0 Å². The Bertz CT molecular complexity index is 693. The predicted octanol–water partition coefficient (Wildman–Crippen LogP) is 4.12. The Morgan fingerprint density at radius 2 is 2.13 bits per heavy atom. The Balaban J connectivity index is 1.79. The molecule has 6 heteroatoms. The highest BCUT2D eigenvalue weighted by Gasteiger charge is 2.28. The van der Waals surface area contributed by atoms with Crippen LogP contribution in [0.4, 0.5) is 19.3 Å². The monoisotopic (exact) mass is 317 g/mol. The first kappa shape index (κ1) is 15.4. The van der Waals surface area contributed by atoms with Crippen LogP contribution in [0.25, 0.3) is 0 Å². The van der Waals surface area contributed by atoms with E-state index in [1.54, 1.807) is 17.3 Å². The van der Waals surface area contributed by atoms with Gasteiger partial charge in [0, 0.05) is 25.0 Å². The average Bonchev–Trinajstić information content (AvgIpc) is 2.58. The van der Waals surface area contributed by atoms with Gasteiger partial charge in [-0.3, -0.25) is 4.98 Å². The number of amides is 2. The molecule has 0 bridgehead atoms. The molecule has 0 unspecified atom stereocenters. The molecule has 1 saturated heterocycles. The number of likely N-dealkylation sites (tertiary alicyclic amines) is 1. The van der Waals surface area contributed by atoms with Crippen LogP contribution in [0.1, 0.15) is 30.9 Å². The largest absolute Gasteiger partial charge is 0.322 e. The van der Waals surface area contributed by atoms with E-state index in [2.05, 4.69) is 10.3 Å². The van der Waals surface area contributed by atoms with Gasteiger partial charge in [-0.2, -0.15) is 0 Å². The average molecular weight is 317 g/mol. The summed E-state index contributed by atoms with van der Waals surface area (Å²) in [6.45, 7) is 0.591. The number of pyridine rings is 1. The number of piperidine rings is 1. The topological polar surface area (TPSA) is 45.2 Å². The Morgan fingerprint density at radius 1 is 1.26 bits per heavy atom. The zero-order valence-corrected chi connectivity index (χ0v) is 12.5. The molecule has 1 N–H and O–H groups in total. The number of nitrogens with one attached hydrogen (secondary N) is 1. The molecular weight excluding hydrogens is 300 g/mol. The predicted molar refractivity (Wildman–Crippen MR) is 82.9 cm³/mol. The first-order valence-electron chi connectivity index (χ1n) is 7.58. The maximum atomic E-state index is 13.7. The third-order valence-corrected chi connectivity index (χ3v) is 4.01. The second kappa shape index (κ2) is 6.73. The minimum absolute atomic E-state index is 0.0214. The zero-order valence-electron chi connectivity index (χ0n) is 12.5. The van der Waals surface area contributed by atoms with Crippen molar-refractivity contribution in [1.29, 1.82) is 0 Å². The van der Waals surface area contributed by atoms with Gasteiger partial charge in [-0.05, 0) is 43.0 Å². The van der Waals surface area contributed by atoms with E-state index in [4.69, 9.17) is 0 Å². The van der Waals surface area contributed by atoms with Gasteiger partial charge >= 0.3 is 6.03 Å². The van der Waals surface area contributed by atoms with Crippen molar-refractivity contribution < 1.29 is 13.6 Å². The minimum atomic E-state index is -0.784. The number of hydrogen-bond acceptors (Lipinski definition) is 2. The van der Waals surface area contributed by atoms with Gasteiger partial charge in [0.05, 0.1) is 11.7 Å². The number of benzene rings is 1. The molecule has 1 fully saturated rings. The molecule has 2 heterocycles. The van der Waals surface area contributed by atoms with E-state index < -0.39 is 11.6 Å². The number of aromatic nitrogens is 1. The van der Waals surface area contributed by atoms with E-state index >= 15 is 0 Å². The molecule has 3 rings (SSSR count). The van der Waals surface area contributed by atoms with Crippen LogP contribution in [0, 0.1) is 11.6 Å². The summed E-state index contributed by atoms with van der Waals surface area (Å²) in [6.07, 6.45) is 6.19. The number of carbonyl (C=O) groups is 1. The highest BCUT2D eigenvalue weighted by molar-refractivity contribution is 5.89. The third-order valence-electron chi connectivity index (χ3n) is 4.01. The summed E-state index contributed by atoms with van der Waals surface area (Å²) >= 11 is 0. The van der Waals surface area contributed by atoms with Gasteiger partial charge < -0.3 is 10.2 Å². The first-order chi connectivity index (χ1) is 11.1. The van der Waals surface area contributed by atoms with Crippen molar-refractivity contribution >= 4 is 11.7 Å². The van der Waals surface area contributed by atoms with Crippen molar-refractivity contribution in [2.75, 3.05) is 11.9 Å². The van der Waals surface area contributed by atoms with E-state index in [9.17, 15) is 13.6 Å². The summed E-state index contributed by atoms with van der Waals surface area (Å²) in [5.41, 5.74) is 0.939. The fourth-order valence-corrected chi connectivity index (χ4v) is 2.87. The van der Waals surface area contributed by atoms with E-state index in [0.29, 0.717) is 6.54 Å². The van der Waals surface area contributed by atoms with Crippen LogP contribution in [-0.4, -0.2) is 22.5 Å². The quantitative estimate of drug-likeness (QED) is 0.905. The summed E-state index contributed by atoms with van der Waals surface area (Å²) in [6, 6.07) is 6.40. The second-order valence-corrected chi connectivity index (χ2v) is 5.55. The van der Waals surface area contributed by atoms with Crippen molar-refractivity contribution in [2.24, 2.45) is 0 Å². The number of urea groups is 1. The summed E-state index contributed by atoms with van der Waals surface area (Å²) in [5.74, 6) is -1.46. The Hall–Kier alpha value is -2.50. The number of halogens is 2. The van der Waals surface area contributed by atoms with E-state index in [1.807, 2.05) is 12.1 Å². The Kier molecular flexibility index (Phi) is 4.50. The van der Waals surface area contributed by atoms with Gasteiger partial charge in [0.25, 0.3) is 0 Å². The molecule has 1 aromatic carbocycles. The maximum Gasteiger partial charge on any atom is 0.322 e. The Morgan fingerprint density at radius 3 is 2.87 bits per heavy atom. The van der Waals surface area contributed by atoms with Crippen molar-refractivity contribution in [3.8, 4) is 0 Å². The summed E-state index contributed by atoms with van der Waals surface area (Å²) in [4.78, 5) is 18.3. The van der Waals surface area contributed by atoms with Crippen LogP contribution in [0.15, 0.2) is 42.7 Å². The molecular formula is C17H17F2N3O. The molecule has 1 aliphatic heterocycles. The third kappa shape index (κ3) is 3.47. The number of carbonyl (C=O) groups excluding carboxylic acids is 1. The van der Waals surface area contributed by atoms with Crippen LogP contribution in [0.2, 0.25) is 0 Å². The van der Waals surface area contributed by atoms with Crippen molar-refractivity contribution in [2.45, 2.75) is 25.3 Å². The number of rotatable bonds is 2. The molecule has 1 atom stereocenters. The van der Waals surface area contributed by atoms with Gasteiger partial charge in [-0.25, -0.2) is 13.6 Å². The van der Waals surface area contributed by atoms with Crippen molar-refractivity contribution in [1.82, 2.24) is 9.88 Å². The lowest BCUT2D eigenvalue weighted by Crippen LogP contribution is -2.41. The number of nitrogens with zero attached hydrogens (tertiary/aromatic N) is 2. The number of anilines is 1. The zero-order chi connectivity index (χ0) is 16.2. The lowest BCUT2D eigenvalue weighted by atomic mass is 9.97. The summed E-state index contributed by atoms with van der Waals surface area (Å²) in [7, 11) is 0. The molecule has 23 heavy (non-hydrogen) atoms. The highest BCUT2D eigenvalue weighted by atomic mass is 19.1. The van der Waals surface area contributed by atoms with Crippen LogP contribution in [-0.2, 0) is 0 Å². The lowest BCUT2D eigenvalue weighted by Gasteiger charge is -2.35. The van der Waals surface area contributed by atoms with Crippen molar-refractivity contribution in [3.63, 3.8) is 0 Å². The molecule has 1 aromatic heterocycles. The number of hydrogen-bond donors (Lipinski definition) is 1. The Labute approximate surface area is 133 Å². The van der Waals surface area contributed by atoms with Gasteiger partial charge in [-0.1, -0.05) is 6.07 Å². The standard InChI is InChI=1S/C17H17F2N3O/c18-13-6-7-15(14(19)10-13)21-17(23)22-9-2-1-5-16(22)12-4-3-8-20-11-12/h3-4,6-8,10-11,16H,1-2,5,9H2,(H,21,23)/t16-/m0/s1. The van der Waals surface area contributed by atoms with Gasteiger partial charge in [0.1, 0.15) is 11.6 Å². The van der Waals surface area contributed by atoms with Gasteiger partial charge in [0.15, 0.2) is 0 Å². The SMILES string of the molecule is O=C(Nc1ccc(F)cc1F)N1CCCC[C@H]1c1cccnc1. The highest BCUT2D eigenvalue weighted by Crippen LogP contribution is 2.31. The van der Waals surface area contributed by atoms with E-state index in [0.717, 1.165) is 37.0 Å². The molecule has 0 saturated carbocycles. The molecule has 2 amide bonds. The van der Waals surface area contributed by atoms with Crippen LogP contribution in [0.5, 0.6) is 0 Å². The van der Waals surface area contributed by atoms with Crippen LogP contribution < -0.4 is 5.32 Å². The minimum Gasteiger partial charge on any atom is -0.317 e. The lowest BCUT2D eigenvalue weighted by molar-refractivity contribution is 0.163. The normalized spacial score (nSPS) is 17.8. The van der Waals surface area contributed by atoms with E-state index in [1.165, 1.54) is 6.07 Å². The molecule has 2 aromatic rings.